The lowest BCUT2D eigenvalue weighted by atomic mass is 10.0. The third kappa shape index (κ3) is 3.69. The molecule has 2 aliphatic rings. The quantitative estimate of drug-likeness (QED) is 0.801. The Labute approximate surface area is 116 Å². The van der Waals surface area contributed by atoms with Gasteiger partial charge < -0.3 is 9.64 Å². The zero-order chi connectivity index (χ0) is 13.8. The molecule has 0 aromatic heterocycles. The molecule has 3 atom stereocenters. The van der Waals surface area contributed by atoms with E-state index in [-0.39, 0.29) is 12.2 Å². The fraction of sp³-hybridized carbons (Fsp3) is 0.933. The largest absolute Gasteiger partial charge is 0.381 e. The fourth-order valence-corrected chi connectivity index (χ4v) is 3.12. The Bertz CT molecular complexity index is 301. The Morgan fingerprint density at radius 3 is 2.84 bits per heavy atom. The zero-order valence-electron chi connectivity index (χ0n) is 12.5. The SMILES string of the molecule is CCCC1NC(CC(C)C)C(=O)N1CC1CCOC1. The highest BCUT2D eigenvalue weighted by atomic mass is 16.5. The van der Waals surface area contributed by atoms with Crippen molar-refractivity contribution in [2.75, 3.05) is 19.8 Å². The summed E-state index contributed by atoms with van der Waals surface area (Å²) in [6.07, 6.45) is 4.43. The molecule has 110 valence electrons. The van der Waals surface area contributed by atoms with Crippen molar-refractivity contribution in [3.05, 3.63) is 0 Å². The minimum Gasteiger partial charge on any atom is -0.381 e. The smallest absolute Gasteiger partial charge is 0.241 e. The molecule has 1 N–H and O–H groups in total. The molecule has 4 nitrogen and oxygen atoms in total. The zero-order valence-corrected chi connectivity index (χ0v) is 12.5. The average molecular weight is 268 g/mol. The van der Waals surface area contributed by atoms with Crippen LogP contribution in [0.1, 0.15) is 46.5 Å². The summed E-state index contributed by atoms with van der Waals surface area (Å²) in [5, 5.41) is 3.53. The minimum absolute atomic E-state index is 0.0267. The number of carbonyl (C=O) groups is 1. The molecule has 0 aromatic rings. The van der Waals surface area contributed by atoms with E-state index in [0.717, 1.165) is 45.4 Å². The van der Waals surface area contributed by atoms with Crippen LogP contribution in [0.15, 0.2) is 0 Å². The molecule has 0 radical (unpaired) electrons. The number of nitrogens with zero attached hydrogens (tertiary/aromatic N) is 1. The van der Waals surface area contributed by atoms with Crippen LogP contribution >= 0.6 is 0 Å². The van der Waals surface area contributed by atoms with E-state index in [4.69, 9.17) is 4.74 Å². The van der Waals surface area contributed by atoms with Gasteiger partial charge in [-0.05, 0) is 25.2 Å². The minimum atomic E-state index is 0.0267. The van der Waals surface area contributed by atoms with Crippen LogP contribution in [0.25, 0.3) is 0 Å². The molecule has 0 aliphatic carbocycles. The van der Waals surface area contributed by atoms with Crippen molar-refractivity contribution in [2.45, 2.75) is 58.7 Å². The maximum absolute atomic E-state index is 12.5. The van der Waals surface area contributed by atoms with Gasteiger partial charge in [-0.3, -0.25) is 10.1 Å². The molecule has 4 heteroatoms. The van der Waals surface area contributed by atoms with Gasteiger partial charge in [0, 0.05) is 19.1 Å². The molecule has 2 aliphatic heterocycles. The molecule has 2 saturated heterocycles. The van der Waals surface area contributed by atoms with Gasteiger partial charge in [-0.2, -0.15) is 0 Å². The van der Waals surface area contributed by atoms with Crippen molar-refractivity contribution >= 4 is 5.91 Å². The molecule has 2 heterocycles. The summed E-state index contributed by atoms with van der Waals surface area (Å²) in [5.41, 5.74) is 0. The van der Waals surface area contributed by atoms with Gasteiger partial charge in [0.1, 0.15) is 0 Å². The van der Waals surface area contributed by atoms with E-state index < -0.39 is 0 Å². The van der Waals surface area contributed by atoms with Crippen LogP contribution in [0.2, 0.25) is 0 Å². The van der Waals surface area contributed by atoms with E-state index in [1.54, 1.807) is 0 Å². The number of carbonyl (C=O) groups excluding carboxylic acids is 1. The number of hydrogen-bond acceptors (Lipinski definition) is 3. The number of ether oxygens (including phenoxy) is 1. The van der Waals surface area contributed by atoms with Crippen LogP contribution < -0.4 is 5.32 Å². The van der Waals surface area contributed by atoms with Gasteiger partial charge >= 0.3 is 0 Å². The lowest BCUT2D eigenvalue weighted by Crippen LogP contribution is -2.40. The molecule has 0 aromatic carbocycles. The number of amides is 1. The predicted molar refractivity (Wildman–Crippen MR) is 75.7 cm³/mol. The second-order valence-electron chi connectivity index (χ2n) is 6.37. The second-order valence-corrected chi connectivity index (χ2v) is 6.37. The summed E-state index contributed by atoms with van der Waals surface area (Å²) in [6.45, 7) is 9.07. The van der Waals surface area contributed by atoms with Gasteiger partial charge in [0.25, 0.3) is 0 Å². The number of nitrogens with one attached hydrogen (secondary N) is 1. The van der Waals surface area contributed by atoms with Gasteiger partial charge in [-0.15, -0.1) is 0 Å². The molecule has 0 saturated carbocycles. The Kier molecular flexibility index (Phi) is 5.22. The van der Waals surface area contributed by atoms with Crippen molar-refractivity contribution in [1.29, 1.82) is 0 Å². The standard InChI is InChI=1S/C15H28N2O2/c1-4-5-14-16-13(8-11(2)3)15(18)17(14)9-12-6-7-19-10-12/h11-14,16H,4-10H2,1-3H3. The molecular formula is C15H28N2O2. The Balaban J connectivity index is 1.97. The third-order valence-electron chi connectivity index (χ3n) is 4.10. The van der Waals surface area contributed by atoms with Crippen molar-refractivity contribution in [1.82, 2.24) is 10.2 Å². The molecule has 2 rings (SSSR count). The lowest BCUT2D eigenvalue weighted by molar-refractivity contribution is -0.131. The highest BCUT2D eigenvalue weighted by Crippen LogP contribution is 2.23. The van der Waals surface area contributed by atoms with E-state index in [1.807, 2.05) is 0 Å². The topological polar surface area (TPSA) is 41.6 Å². The van der Waals surface area contributed by atoms with E-state index in [0.29, 0.717) is 17.7 Å². The predicted octanol–water partition coefficient (Wildman–Crippen LogP) is 2.00. The van der Waals surface area contributed by atoms with Gasteiger partial charge in [0.15, 0.2) is 0 Å². The molecule has 3 unspecified atom stereocenters. The average Bonchev–Trinajstić information content (AvgIpc) is 2.94. The van der Waals surface area contributed by atoms with Gasteiger partial charge in [0.05, 0.1) is 18.8 Å². The van der Waals surface area contributed by atoms with Crippen LogP contribution in [-0.4, -0.2) is 42.8 Å². The lowest BCUT2D eigenvalue weighted by Gasteiger charge is -2.26. The Morgan fingerprint density at radius 1 is 1.47 bits per heavy atom. The van der Waals surface area contributed by atoms with E-state index in [1.165, 1.54) is 0 Å². The number of rotatable bonds is 6. The maximum atomic E-state index is 12.5. The highest BCUT2D eigenvalue weighted by Gasteiger charge is 2.39. The summed E-state index contributed by atoms with van der Waals surface area (Å²) in [5.74, 6) is 1.39. The maximum Gasteiger partial charge on any atom is 0.241 e. The molecule has 0 bridgehead atoms. The normalized spacial score (nSPS) is 31.7. The van der Waals surface area contributed by atoms with Crippen molar-refractivity contribution in [3.8, 4) is 0 Å². The van der Waals surface area contributed by atoms with E-state index in [9.17, 15) is 4.79 Å². The van der Waals surface area contributed by atoms with Crippen molar-refractivity contribution in [3.63, 3.8) is 0 Å². The van der Waals surface area contributed by atoms with Crippen LogP contribution in [0, 0.1) is 11.8 Å². The van der Waals surface area contributed by atoms with E-state index >= 15 is 0 Å². The van der Waals surface area contributed by atoms with Crippen LogP contribution in [0.3, 0.4) is 0 Å². The summed E-state index contributed by atoms with van der Waals surface area (Å²) in [4.78, 5) is 14.6. The van der Waals surface area contributed by atoms with Crippen LogP contribution in [0.5, 0.6) is 0 Å². The van der Waals surface area contributed by atoms with Gasteiger partial charge in [0.2, 0.25) is 5.91 Å². The molecular weight excluding hydrogens is 240 g/mol. The first-order valence-corrected chi connectivity index (χ1v) is 7.76. The second kappa shape index (κ2) is 6.71. The third-order valence-corrected chi connectivity index (χ3v) is 4.10. The number of hydrogen-bond donors (Lipinski definition) is 1. The van der Waals surface area contributed by atoms with Crippen molar-refractivity contribution in [2.24, 2.45) is 11.8 Å². The Morgan fingerprint density at radius 2 is 2.26 bits per heavy atom. The molecule has 1 amide bonds. The highest BCUT2D eigenvalue weighted by molar-refractivity contribution is 5.84. The van der Waals surface area contributed by atoms with Gasteiger partial charge in [-0.25, -0.2) is 0 Å². The monoisotopic (exact) mass is 268 g/mol. The fourth-order valence-electron chi connectivity index (χ4n) is 3.12. The first-order chi connectivity index (χ1) is 9.11. The molecule has 19 heavy (non-hydrogen) atoms. The summed E-state index contributed by atoms with van der Waals surface area (Å²) in [7, 11) is 0. The summed E-state index contributed by atoms with van der Waals surface area (Å²) >= 11 is 0. The summed E-state index contributed by atoms with van der Waals surface area (Å²) < 4.78 is 5.43. The van der Waals surface area contributed by atoms with Crippen molar-refractivity contribution < 1.29 is 9.53 Å². The summed E-state index contributed by atoms with van der Waals surface area (Å²) in [6, 6.07) is 0.0267. The first kappa shape index (κ1) is 14.8. The molecule has 2 fully saturated rings. The van der Waals surface area contributed by atoms with Gasteiger partial charge in [-0.1, -0.05) is 27.2 Å². The van der Waals surface area contributed by atoms with Crippen LogP contribution in [-0.2, 0) is 9.53 Å². The molecule has 0 spiro atoms. The van der Waals surface area contributed by atoms with Crippen LogP contribution in [0.4, 0.5) is 0 Å². The Hall–Kier alpha value is -0.610. The van der Waals surface area contributed by atoms with E-state index in [2.05, 4.69) is 31.0 Å². The first-order valence-electron chi connectivity index (χ1n) is 7.76.